The zero-order valence-corrected chi connectivity index (χ0v) is 14.3. The van der Waals surface area contributed by atoms with E-state index in [0.717, 1.165) is 56.5 Å². The zero-order valence-electron chi connectivity index (χ0n) is 14.3. The number of hydrogen-bond donors (Lipinski definition) is 1. The molecule has 0 saturated carbocycles. The molecular weight excluding hydrogens is 308 g/mol. The van der Waals surface area contributed by atoms with Crippen molar-refractivity contribution in [1.29, 1.82) is 0 Å². The molecule has 1 N–H and O–H groups in total. The predicted molar refractivity (Wildman–Crippen MR) is 87.5 cm³/mol. The highest BCUT2D eigenvalue weighted by Crippen LogP contribution is 2.35. The van der Waals surface area contributed by atoms with Crippen LogP contribution in [-0.4, -0.2) is 43.0 Å². The second-order valence-electron chi connectivity index (χ2n) is 7.17. The minimum Gasteiger partial charge on any atom is -0.469 e. The summed E-state index contributed by atoms with van der Waals surface area (Å²) in [4.78, 5) is 14.5. The molecule has 2 aliphatic heterocycles. The Labute approximate surface area is 142 Å². The Bertz CT molecular complexity index is 586. The highest BCUT2D eigenvalue weighted by molar-refractivity contribution is 5.75. The van der Waals surface area contributed by atoms with Crippen LogP contribution in [0.5, 0.6) is 0 Å². The van der Waals surface area contributed by atoms with Gasteiger partial charge in [0.25, 0.3) is 0 Å². The van der Waals surface area contributed by atoms with E-state index in [1.807, 2.05) is 17.9 Å². The van der Waals surface area contributed by atoms with E-state index in [1.165, 1.54) is 0 Å². The first-order chi connectivity index (χ1) is 11.7. The number of piperidine rings is 1. The van der Waals surface area contributed by atoms with Crippen LogP contribution in [0.3, 0.4) is 0 Å². The maximum absolute atomic E-state index is 12.6. The van der Waals surface area contributed by atoms with Gasteiger partial charge in [-0.3, -0.25) is 0 Å². The van der Waals surface area contributed by atoms with Crippen molar-refractivity contribution in [3.8, 4) is 0 Å². The maximum Gasteiger partial charge on any atom is 0.317 e. The van der Waals surface area contributed by atoms with Crippen LogP contribution in [0.2, 0.25) is 0 Å². The van der Waals surface area contributed by atoms with E-state index < -0.39 is 5.79 Å². The number of hydrogen-bond acceptors (Lipinski definition) is 4. The summed E-state index contributed by atoms with van der Waals surface area (Å²) in [6.07, 6.45) is 6.58. The SMILES string of the molecule is CC1(C2CCN(C(=O)N[C@H]3CCCc4occc43)CC2)OCCO1. The average Bonchev–Trinajstić information content (AvgIpc) is 3.25. The lowest BCUT2D eigenvalue weighted by Crippen LogP contribution is -2.49. The van der Waals surface area contributed by atoms with Crippen molar-refractivity contribution in [2.45, 2.75) is 50.9 Å². The number of aryl methyl sites for hydroxylation is 1. The second kappa shape index (κ2) is 6.41. The first-order valence-electron chi connectivity index (χ1n) is 9.05. The summed E-state index contributed by atoms with van der Waals surface area (Å²) in [5, 5.41) is 3.19. The lowest BCUT2D eigenvalue weighted by Gasteiger charge is -2.39. The maximum atomic E-state index is 12.6. The minimum atomic E-state index is -0.461. The van der Waals surface area contributed by atoms with Gasteiger partial charge in [-0.05, 0) is 38.7 Å². The number of carbonyl (C=O) groups excluding carboxylic acids is 1. The Kier molecular flexibility index (Phi) is 4.26. The first-order valence-corrected chi connectivity index (χ1v) is 9.05. The summed E-state index contributed by atoms with van der Waals surface area (Å²) in [5.41, 5.74) is 1.14. The van der Waals surface area contributed by atoms with Crippen molar-refractivity contribution in [3.63, 3.8) is 0 Å². The van der Waals surface area contributed by atoms with E-state index in [9.17, 15) is 4.79 Å². The lowest BCUT2D eigenvalue weighted by molar-refractivity contribution is -0.189. The quantitative estimate of drug-likeness (QED) is 0.903. The van der Waals surface area contributed by atoms with Gasteiger partial charge in [0.2, 0.25) is 0 Å². The molecule has 3 heterocycles. The number of carbonyl (C=O) groups is 1. The molecule has 132 valence electrons. The van der Waals surface area contributed by atoms with Crippen molar-refractivity contribution < 1.29 is 18.7 Å². The fourth-order valence-corrected chi connectivity index (χ4v) is 4.25. The van der Waals surface area contributed by atoms with Gasteiger partial charge < -0.3 is 24.1 Å². The molecule has 0 bridgehead atoms. The van der Waals surface area contributed by atoms with Gasteiger partial charge in [-0.15, -0.1) is 0 Å². The van der Waals surface area contributed by atoms with Gasteiger partial charge in [0.05, 0.1) is 25.5 Å². The largest absolute Gasteiger partial charge is 0.469 e. The molecule has 3 aliphatic rings. The summed E-state index contributed by atoms with van der Waals surface area (Å²) in [6, 6.07) is 2.10. The Hall–Kier alpha value is -1.53. The van der Waals surface area contributed by atoms with Crippen LogP contribution in [0, 0.1) is 5.92 Å². The van der Waals surface area contributed by atoms with Crippen LogP contribution < -0.4 is 5.32 Å². The van der Waals surface area contributed by atoms with Crippen LogP contribution >= 0.6 is 0 Å². The number of fused-ring (bicyclic) bond motifs is 1. The summed E-state index contributed by atoms with van der Waals surface area (Å²) in [7, 11) is 0. The third-order valence-electron chi connectivity index (χ3n) is 5.73. The van der Waals surface area contributed by atoms with Gasteiger partial charge in [0.1, 0.15) is 5.76 Å². The van der Waals surface area contributed by atoms with Crippen LogP contribution in [0.25, 0.3) is 0 Å². The van der Waals surface area contributed by atoms with Crippen LogP contribution in [0.4, 0.5) is 4.79 Å². The average molecular weight is 334 g/mol. The predicted octanol–water partition coefficient (Wildman–Crippen LogP) is 2.84. The van der Waals surface area contributed by atoms with Gasteiger partial charge >= 0.3 is 6.03 Å². The van der Waals surface area contributed by atoms with Crippen LogP contribution in [-0.2, 0) is 15.9 Å². The standard InChI is InChI=1S/C18H26N2O4/c1-18(23-11-12-24-18)13-5-8-20(9-6-13)17(21)19-15-3-2-4-16-14(15)7-10-22-16/h7,10,13,15H,2-6,8-9,11-12H2,1H3,(H,19,21)/t15-/m0/s1. The molecule has 6 nitrogen and oxygen atoms in total. The van der Waals surface area contributed by atoms with Crippen LogP contribution in [0.1, 0.15) is 50.0 Å². The molecule has 0 radical (unpaired) electrons. The third kappa shape index (κ3) is 2.93. The first kappa shape index (κ1) is 16.0. The Balaban J connectivity index is 1.33. The van der Waals surface area contributed by atoms with Crippen molar-refractivity contribution in [3.05, 3.63) is 23.7 Å². The summed E-state index contributed by atoms with van der Waals surface area (Å²) in [5.74, 6) is 0.922. The molecular formula is C18H26N2O4. The third-order valence-corrected chi connectivity index (χ3v) is 5.73. The molecule has 2 amide bonds. The van der Waals surface area contributed by atoms with Crippen molar-refractivity contribution in [2.75, 3.05) is 26.3 Å². The van der Waals surface area contributed by atoms with E-state index in [-0.39, 0.29) is 12.1 Å². The minimum absolute atomic E-state index is 0.0333. The highest BCUT2D eigenvalue weighted by atomic mass is 16.7. The fraction of sp³-hybridized carbons (Fsp3) is 0.722. The van der Waals surface area contributed by atoms with E-state index in [2.05, 4.69) is 5.32 Å². The molecule has 1 atom stereocenters. The van der Waals surface area contributed by atoms with Crippen molar-refractivity contribution >= 4 is 6.03 Å². The molecule has 0 spiro atoms. The number of amides is 2. The van der Waals surface area contributed by atoms with Gasteiger partial charge in [-0.2, -0.15) is 0 Å². The van der Waals surface area contributed by atoms with Gasteiger partial charge in [0.15, 0.2) is 5.79 Å². The number of nitrogens with one attached hydrogen (secondary N) is 1. The normalized spacial score (nSPS) is 27.0. The molecule has 1 aromatic heterocycles. The van der Waals surface area contributed by atoms with E-state index in [0.29, 0.717) is 19.1 Å². The van der Waals surface area contributed by atoms with E-state index in [1.54, 1.807) is 6.26 Å². The van der Waals surface area contributed by atoms with Crippen molar-refractivity contribution in [2.24, 2.45) is 5.92 Å². The number of rotatable bonds is 2. The molecule has 4 rings (SSSR count). The summed E-state index contributed by atoms with van der Waals surface area (Å²) < 4.78 is 17.1. The topological polar surface area (TPSA) is 63.9 Å². The zero-order chi connectivity index (χ0) is 16.6. The summed E-state index contributed by atoms with van der Waals surface area (Å²) in [6.45, 7) is 4.88. The van der Waals surface area contributed by atoms with Gasteiger partial charge in [0, 0.05) is 31.0 Å². The van der Waals surface area contributed by atoms with Gasteiger partial charge in [-0.1, -0.05) is 0 Å². The highest BCUT2D eigenvalue weighted by Gasteiger charge is 2.42. The van der Waals surface area contributed by atoms with E-state index >= 15 is 0 Å². The second-order valence-corrected chi connectivity index (χ2v) is 7.17. The fourth-order valence-electron chi connectivity index (χ4n) is 4.25. The monoisotopic (exact) mass is 334 g/mol. The smallest absolute Gasteiger partial charge is 0.317 e. The molecule has 1 aromatic rings. The lowest BCUT2D eigenvalue weighted by atomic mass is 9.89. The number of ether oxygens (including phenoxy) is 2. The Morgan fingerprint density at radius 3 is 2.75 bits per heavy atom. The number of nitrogens with zero attached hydrogens (tertiary/aromatic N) is 1. The Morgan fingerprint density at radius 2 is 2.00 bits per heavy atom. The number of urea groups is 1. The molecule has 24 heavy (non-hydrogen) atoms. The van der Waals surface area contributed by atoms with Gasteiger partial charge in [-0.25, -0.2) is 4.79 Å². The number of furan rings is 1. The van der Waals surface area contributed by atoms with Crippen LogP contribution in [0.15, 0.2) is 16.7 Å². The molecule has 2 saturated heterocycles. The van der Waals surface area contributed by atoms with Crippen molar-refractivity contribution in [1.82, 2.24) is 10.2 Å². The molecule has 2 fully saturated rings. The summed E-state index contributed by atoms with van der Waals surface area (Å²) >= 11 is 0. The Morgan fingerprint density at radius 1 is 1.25 bits per heavy atom. The van der Waals surface area contributed by atoms with E-state index in [4.69, 9.17) is 13.9 Å². The number of likely N-dealkylation sites (tertiary alicyclic amines) is 1. The molecule has 6 heteroatoms. The molecule has 0 unspecified atom stereocenters. The molecule has 0 aromatic carbocycles. The molecule has 1 aliphatic carbocycles.